The number of benzene rings is 3. The van der Waals surface area contributed by atoms with Crippen molar-refractivity contribution in [3.63, 3.8) is 0 Å². The van der Waals surface area contributed by atoms with E-state index in [0.29, 0.717) is 22.3 Å². The minimum absolute atomic E-state index is 0.0288. The van der Waals surface area contributed by atoms with Crippen molar-refractivity contribution in [2.75, 3.05) is 20.0 Å². The number of phenolic OH excluding ortho intramolecular Hbond substituents is 1. The lowest BCUT2D eigenvalue weighted by molar-refractivity contribution is -0.118. The molecular weight excluding hydrogens is 478 g/mol. The summed E-state index contributed by atoms with van der Waals surface area (Å²) in [5.74, 6) is 1.54. The number of carbonyl (C=O) groups excluding carboxylic acids is 1. The molecule has 0 aliphatic heterocycles. The highest BCUT2D eigenvalue weighted by atomic mass is 32.2. The molecule has 10 heteroatoms. The predicted octanol–water partition coefficient (Wildman–Crippen LogP) is 4.21. The van der Waals surface area contributed by atoms with Crippen LogP contribution in [0, 0.1) is 6.92 Å². The number of nitrogens with one attached hydrogen (secondary N) is 1. The molecule has 0 radical (unpaired) electrons. The first-order chi connectivity index (χ1) is 17.5. The first-order valence-corrected chi connectivity index (χ1v) is 12.0. The van der Waals surface area contributed by atoms with Crippen molar-refractivity contribution in [2.45, 2.75) is 12.1 Å². The number of phenols is 1. The molecule has 0 spiro atoms. The molecule has 0 bridgehead atoms. The molecule has 0 saturated heterocycles. The molecular formula is C26H25N5O4S. The lowest BCUT2D eigenvalue weighted by Crippen LogP contribution is -2.20. The molecule has 4 rings (SSSR count). The van der Waals surface area contributed by atoms with Crippen LogP contribution in [-0.2, 0) is 4.79 Å². The van der Waals surface area contributed by atoms with Crippen molar-refractivity contribution in [3.8, 4) is 34.3 Å². The number of hydrogen-bond acceptors (Lipinski definition) is 8. The highest BCUT2D eigenvalue weighted by Gasteiger charge is 2.17. The Morgan fingerprint density at radius 3 is 2.50 bits per heavy atom. The fourth-order valence-electron chi connectivity index (χ4n) is 3.33. The number of amides is 1. The Kier molecular flexibility index (Phi) is 7.86. The van der Waals surface area contributed by atoms with Crippen LogP contribution in [0.25, 0.3) is 17.1 Å². The van der Waals surface area contributed by atoms with Gasteiger partial charge in [-0.05, 0) is 55.0 Å². The lowest BCUT2D eigenvalue weighted by Gasteiger charge is -2.11. The number of rotatable bonds is 9. The van der Waals surface area contributed by atoms with Crippen LogP contribution >= 0.6 is 11.8 Å². The molecule has 36 heavy (non-hydrogen) atoms. The summed E-state index contributed by atoms with van der Waals surface area (Å²) in [7, 11) is 3.08. The first kappa shape index (κ1) is 24.8. The Morgan fingerprint density at radius 1 is 1.06 bits per heavy atom. The maximum atomic E-state index is 12.4. The molecule has 1 aromatic heterocycles. The topological polar surface area (TPSA) is 111 Å². The van der Waals surface area contributed by atoms with E-state index < -0.39 is 0 Å². The van der Waals surface area contributed by atoms with Crippen molar-refractivity contribution in [3.05, 3.63) is 77.9 Å². The highest BCUT2D eigenvalue weighted by molar-refractivity contribution is 7.99. The SMILES string of the molecule is COc1ccc(-n2c(SCC(=O)N/N=C/c3ccc(O)c(OC)c3)nnc2-c2ccc(C)cc2)cc1. The summed E-state index contributed by atoms with van der Waals surface area (Å²) in [5, 5.41) is 23.0. The van der Waals surface area contributed by atoms with Crippen molar-refractivity contribution in [1.82, 2.24) is 20.2 Å². The van der Waals surface area contributed by atoms with E-state index in [0.717, 1.165) is 22.6 Å². The third kappa shape index (κ3) is 5.84. The number of nitrogens with zero attached hydrogens (tertiary/aromatic N) is 4. The molecule has 4 aromatic rings. The number of hydrazone groups is 1. The van der Waals surface area contributed by atoms with Crippen LogP contribution in [-0.4, -0.2) is 52.0 Å². The van der Waals surface area contributed by atoms with E-state index in [1.54, 1.807) is 19.2 Å². The third-order valence-corrected chi connectivity index (χ3v) is 6.14. The van der Waals surface area contributed by atoms with Crippen molar-refractivity contribution >= 4 is 23.9 Å². The number of aryl methyl sites for hydroxylation is 1. The zero-order valence-corrected chi connectivity index (χ0v) is 20.8. The number of aromatic hydroxyl groups is 1. The largest absolute Gasteiger partial charge is 0.504 e. The molecule has 3 aromatic carbocycles. The fourth-order valence-corrected chi connectivity index (χ4v) is 4.08. The zero-order valence-electron chi connectivity index (χ0n) is 20.0. The van der Waals surface area contributed by atoms with Crippen LogP contribution in [0.5, 0.6) is 17.2 Å². The summed E-state index contributed by atoms with van der Waals surface area (Å²) in [4.78, 5) is 12.4. The number of hydrogen-bond donors (Lipinski definition) is 2. The average molecular weight is 504 g/mol. The van der Waals surface area contributed by atoms with Gasteiger partial charge in [-0.15, -0.1) is 10.2 Å². The van der Waals surface area contributed by atoms with E-state index in [4.69, 9.17) is 9.47 Å². The van der Waals surface area contributed by atoms with Crippen molar-refractivity contribution < 1.29 is 19.4 Å². The number of methoxy groups -OCH3 is 2. The van der Waals surface area contributed by atoms with Crippen LogP contribution in [0.4, 0.5) is 0 Å². The molecule has 2 N–H and O–H groups in total. The predicted molar refractivity (Wildman–Crippen MR) is 139 cm³/mol. The van der Waals surface area contributed by atoms with Gasteiger partial charge >= 0.3 is 0 Å². The lowest BCUT2D eigenvalue weighted by atomic mass is 10.1. The Hall–Kier alpha value is -4.31. The fraction of sp³-hybridized carbons (Fsp3) is 0.154. The molecule has 9 nitrogen and oxygen atoms in total. The Bertz CT molecular complexity index is 1370. The normalized spacial score (nSPS) is 11.0. The number of ether oxygens (including phenoxy) is 2. The first-order valence-electron chi connectivity index (χ1n) is 11.0. The molecule has 1 heterocycles. The zero-order chi connectivity index (χ0) is 25.5. The molecule has 184 valence electrons. The van der Waals surface area contributed by atoms with Crippen LogP contribution < -0.4 is 14.9 Å². The second-order valence-electron chi connectivity index (χ2n) is 7.72. The third-order valence-electron chi connectivity index (χ3n) is 5.21. The molecule has 0 fully saturated rings. The van der Waals surface area contributed by atoms with Gasteiger partial charge in [0.25, 0.3) is 5.91 Å². The standard InChI is InChI=1S/C26H25N5O4S/c1-17-4-7-19(8-5-17)25-29-30-26(31(25)20-9-11-21(34-2)12-10-20)36-16-24(33)28-27-15-18-6-13-22(32)23(14-18)35-3/h4-15,32H,16H2,1-3H3,(H,28,33)/b27-15+. The molecule has 0 aliphatic carbocycles. The van der Waals surface area contributed by atoms with E-state index in [2.05, 4.69) is 20.7 Å². The van der Waals surface area contributed by atoms with Crippen LogP contribution in [0.15, 0.2) is 77.0 Å². The van der Waals surface area contributed by atoms with Gasteiger partial charge in [0.05, 0.1) is 26.2 Å². The van der Waals surface area contributed by atoms with Gasteiger partial charge in [-0.3, -0.25) is 9.36 Å². The summed E-state index contributed by atoms with van der Waals surface area (Å²) >= 11 is 1.25. The number of thioether (sulfide) groups is 1. The van der Waals surface area contributed by atoms with E-state index in [9.17, 15) is 9.90 Å². The average Bonchev–Trinajstić information content (AvgIpc) is 3.32. The van der Waals surface area contributed by atoms with Crippen LogP contribution in [0.2, 0.25) is 0 Å². The maximum absolute atomic E-state index is 12.4. The van der Waals surface area contributed by atoms with Gasteiger partial charge in [-0.25, -0.2) is 5.43 Å². The smallest absolute Gasteiger partial charge is 0.250 e. The van der Waals surface area contributed by atoms with E-state index in [1.807, 2.05) is 60.0 Å². The van der Waals surface area contributed by atoms with Crippen LogP contribution in [0.3, 0.4) is 0 Å². The second-order valence-corrected chi connectivity index (χ2v) is 8.66. The summed E-state index contributed by atoms with van der Waals surface area (Å²) in [6.07, 6.45) is 1.47. The van der Waals surface area contributed by atoms with E-state index in [1.165, 1.54) is 31.2 Å². The monoisotopic (exact) mass is 503 g/mol. The summed E-state index contributed by atoms with van der Waals surface area (Å²) in [5.41, 5.74) is 6.07. The van der Waals surface area contributed by atoms with Crippen molar-refractivity contribution in [1.29, 1.82) is 0 Å². The van der Waals surface area contributed by atoms with Gasteiger partial charge < -0.3 is 14.6 Å². The molecule has 1 amide bonds. The van der Waals surface area contributed by atoms with E-state index in [-0.39, 0.29) is 17.4 Å². The van der Waals surface area contributed by atoms with Crippen molar-refractivity contribution in [2.24, 2.45) is 5.10 Å². The Labute approximate surface area is 212 Å². The minimum atomic E-state index is -0.303. The minimum Gasteiger partial charge on any atom is -0.504 e. The van der Waals surface area contributed by atoms with Gasteiger partial charge in [0.1, 0.15) is 5.75 Å². The summed E-state index contributed by atoms with van der Waals surface area (Å²) in [6, 6.07) is 20.4. The molecule has 0 unspecified atom stereocenters. The highest BCUT2D eigenvalue weighted by Crippen LogP contribution is 2.29. The summed E-state index contributed by atoms with van der Waals surface area (Å²) < 4.78 is 12.3. The number of carbonyl (C=O) groups is 1. The van der Waals surface area contributed by atoms with Gasteiger partial charge in [-0.2, -0.15) is 5.10 Å². The Morgan fingerprint density at radius 2 is 1.81 bits per heavy atom. The number of aromatic nitrogens is 3. The second kappa shape index (κ2) is 11.4. The molecule has 0 aliphatic rings. The molecule has 0 saturated carbocycles. The van der Waals surface area contributed by atoms with Gasteiger partial charge in [0.15, 0.2) is 22.5 Å². The maximum Gasteiger partial charge on any atom is 0.250 e. The van der Waals surface area contributed by atoms with Gasteiger partial charge in [0.2, 0.25) is 0 Å². The van der Waals surface area contributed by atoms with Crippen LogP contribution in [0.1, 0.15) is 11.1 Å². The molecule has 0 atom stereocenters. The summed E-state index contributed by atoms with van der Waals surface area (Å²) in [6.45, 7) is 2.03. The quantitative estimate of drug-likeness (QED) is 0.200. The van der Waals surface area contributed by atoms with Gasteiger partial charge in [-0.1, -0.05) is 41.6 Å². The Balaban J connectivity index is 1.50. The van der Waals surface area contributed by atoms with Gasteiger partial charge in [0, 0.05) is 11.3 Å². The van der Waals surface area contributed by atoms with E-state index >= 15 is 0 Å².